The highest BCUT2D eigenvalue weighted by molar-refractivity contribution is 7.89. The van der Waals surface area contributed by atoms with Crippen molar-refractivity contribution in [2.75, 3.05) is 6.54 Å². The molecule has 1 N–H and O–H groups in total. The van der Waals surface area contributed by atoms with Crippen LogP contribution in [0.3, 0.4) is 0 Å². The third-order valence-corrected chi connectivity index (χ3v) is 4.92. The van der Waals surface area contributed by atoms with Gasteiger partial charge in [-0.2, -0.15) is 10.2 Å². The van der Waals surface area contributed by atoms with Crippen LogP contribution < -0.4 is 4.72 Å². The van der Waals surface area contributed by atoms with Crippen molar-refractivity contribution in [3.05, 3.63) is 29.3 Å². The average Bonchev–Trinajstić information content (AvgIpc) is 2.95. The first-order valence-corrected chi connectivity index (χ1v) is 8.32. The summed E-state index contributed by atoms with van der Waals surface area (Å²) >= 11 is 5.79. The maximum Gasteiger partial charge on any atom is 0.243 e. The normalized spacial score (nSPS) is 13.5. The predicted molar refractivity (Wildman–Crippen MR) is 79.5 cm³/mol. The van der Waals surface area contributed by atoms with Gasteiger partial charge in [0.1, 0.15) is 4.90 Å². The van der Waals surface area contributed by atoms with Gasteiger partial charge in [0.25, 0.3) is 0 Å². The molecule has 0 unspecified atom stereocenters. The molecule has 116 valence electrons. The van der Waals surface area contributed by atoms with E-state index in [1.807, 2.05) is 6.92 Å². The van der Waals surface area contributed by atoms with Gasteiger partial charge in [-0.3, -0.25) is 9.36 Å². The lowest BCUT2D eigenvalue weighted by Crippen LogP contribution is -2.30. The number of halogens is 1. The van der Waals surface area contributed by atoms with E-state index in [-0.39, 0.29) is 10.8 Å². The van der Waals surface area contributed by atoms with Gasteiger partial charge < -0.3 is 0 Å². The monoisotopic (exact) mass is 331 g/mol. The Balaban J connectivity index is 1.97. The molecule has 2 aromatic heterocycles. The molecule has 0 aliphatic heterocycles. The van der Waals surface area contributed by atoms with E-state index in [0.29, 0.717) is 23.8 Å². The molecule has 21 heavy (non-hydrogen) atoms. The van der Waals surface area contributed by atoms with E-state index < -0.39 is 10.0 Å². The van der Waals surface area contributed by atoms with Crippen molar-refractivity contribution in [2.24, 2.45) is 13.0 Å². The number of nitrogens with zero attached hydrogens (tertiary/aromatic N) is 4. The van der Waals surface area contributed by atoms with E-state index in [2.05, 4.69) is 14.9 Å². The van der Waals surface area contributed by atoms with Gasteiger partial charge in [-0.1, -0.05) is 18.5 Å². The molecule has 1 atom stereocenters. The zero-order valence-corrected chi connectivity index (χ0v) is 13.7. The van der Waals surface area contributed by atoms with Crippen LogP contribution in [-0.4, -0.2) is 34.5 Å². The SMILES string of the molecule is Cc1c(S(=O)(=O)NC[C@H](C)Cn2cc(Cl)cn2)cnn1C. The molecular formula is C12H18ClN5O2S. The Morgan fingerprint density at radius 2 is 2.10 bits per heavy atom. The van der Waals surface area contributed by atoms with Crippen molar-refractivity contribution >= 4 is 21.6 Å². The summed E-state index contributed by atoms with van der Waals surface area (Å²) in [5.41, 5.74) is 0.606. The molecule has 9 heteroatoms. The van der Waals surface area contributed by atoms with E-state index in [9.17, 15) is 8.42 Å². The lowest BCUT2D eigenvalue weighted by molar-refractivity contribution is 0.443. The summed E-state index contributed by atoms with van der Waals surface area (Å²) in [6.45, 7) is 4.56. The van der Waals surface area contributed by atoms with E-state index in [1.165, 1.54) is 10.9 Å². The molecule has 2 rings (SSSR count). The Kier molecular flexibility index (Phi) is 4.70. The zero-order chi connectivity index (χ0) is 15.6. The molecule has 2 heterocycles. The van der Waals surface area contributed by atoms with Crippen LogP contribution in [0.2, 0.25) is 5.02 Å². The number of aromatic nitrogens is 4. The molecule has 0 aromatic carbocycles. The molecule has 0 aliphatic rings. The summed E-state index contributed by atoms with van der Waals surface area (Å²) in [7, 11) is -1.83. The highest BCUT2D eigenvalue weighted by Crippen LogP contribution is 2.13. The first-order chi connectivity index (χ1) is 9.79. The van der Waals surface area contributed by atoms with Gasteiger partial charge in [0.2, 0.25) is 10.0 Å². The third kappa shape index (κ3) is 3.84. The van der Waals surface area contributed by atoms with E-state index >= 15 is 0 Å². The van der Waals surface area contributed by atoms with Crippen LogP contribution in [0.25, 0.3) is 0 Å². The van der Waals surface area contributed by atoms with Crippen molar-refractivity contribution in [1.82, 2.24) is 24.3 Å². The molecule has 2 aromatic rings. The molecule has 0 saturated carbocycles. The number of sulfonamides is 1. The lowest BCUT2D eigenvalue weighted by atomic mass is 10.2. The fourth-order valence-electron chi connectivity index (χ4n) is 1.89. The smallest absolute Gasteiger partial charge is 0.243 e. The third-order valence-electron chi connectivity index (χ3n) is 3.20. The first kappa shape index (κ1) is 16.0. The molecule has 0 fully saturated rings. The van der Waals surface area contributed by atoms with Crippen molar-refractivity contribution in [3.63, 3.8) is 0 Å². The minimum atomic E-state index is -3.54. The Hall–Kier alpha value is -1.38. The molecule has 0 spiro atoms. The van der Waals surface area contributed by atoms with E-state index in [4.69, 9.17) is 11.6 Å². The molecule has 0 amide bonds. The van der Waals surface area contributed by atoms with Crippen LogP contribution in [0.1, 0.15) is 12.6 Å². The summed E-state index contributed by atoms with van der Waals surface area (Å²) in [5.74, 6) is 0.0766. The van der Waals surface area contributed by atoms with Gasteiger partial charge >= 0.3 is 0 Å². The Morgan fingerprint density at radius 1 is 1.38 bits per heavy atom. The Bertz CT molecular complexity index is 722. The standard InChI is InChI=1S/C12H18ClN5O2S/c1-9(7-18-8-11(13)5-15-18)4-16-21(19,20)12-6-14-17(3)10(12)2/h5-6,8-9,16H,4,7H2,1-3H3/t9-/m0/s1. The quantitative estimate of drug-likeness (QED) is 0.862. The molecule has 0 saturated heterocycles. The fraction of sp³-hybridized carbons (Fsp3) is 0.500. The number of nitrogens with one attached hydrogen (secondary N) is 1. The Morgan fingerprint density at radius 3 is 2.62 bits per heavy atom. The van der Waals surface area contributed by atoms with Gasteiger partial charge in [-0.05, 0) is 12.8 Å². The minimum absolute atomic E-state index is 0.0766. The lowest BCUT2D eigenvalue weighted by Gasteiger charge is -2.13. The largest absolute Gasteiger partial charge is 0.272 e. The predicted octanol–water partition coefficient (Wildman–Crippen LogP) is 1.19. The topological polar surface area (TPSA) is 81.8 Å². The van der Waals surface area contributed by atoms with Crippen molar-refractivity contribution in [1.29, 1.82) is 0 Å². The van der Waals surface area contributed by atoms with Gasteiger partial charge in [0, 0.05) is 26.3 Å². The van der Waals surface area contributed by atoms with Crippen LogP contribution in [0.4, 0.5) is 0 Å². The summed E-state index contributed by atoms with van der Waals surface area (Å²) in [6, 6.07) is 0. The van der Waals surface area contributed by atoms with Crippen LogP contribution >= 0.6 is 11.6 Å². The van der Waals surface area contributed by atoms with E-state index in [0.717, 1.165) is 0 Å². The number of rotatable bonds is 6. The van der Waals surface area contributed by atoms with Crippen molar-refractivity contribution in [2.45, 2.75) is 25.3 Å². The van der Waals surface area contributed by atoms with Gasteiger partial charge in [0.05, 0.1) is 23.1 Å². The minimum Gasteiger partial charge on any atom is -0.272 e. The summed E-state index contributed by atoms with van der Waals surface area (Å²) in [4.78, 5) is 0.208. The molecule has 0 radical (unpaired) electrons. The van der Waals surface area contributed by atoms with Crippen LogP contribution in [-0.2, 0) is 23.6 Å². The molecule has 0 bridgehead atoms. The second-order valence-electron chi connectivity index (χ2n) is 5.06. The van der Waals surface area contributed by atoms with Gasteiger partial charge in [-0.25, -0.2) is 13.1 Å². The second-order valence-corrected chi connectivity index (χ2v) is 7.23. The van der Waals surface area contributed by atoms with Crippen molar-refractivity contribution in [3.8, 4) is 0 Å². The average molecular weight is 332 g/mol. The number of aryl methyl sites for hydroxylation is 1. The van der Waals surface area contributed by atoms with Crippen LogP contribution in [0.5, 0.6) is 0 Å². The Labute approximate surface area is 129 Å². The van der Waals surface area contributed by atoms with Crippen LogP contribution in [0, 0.1) is 12.8 Å². The summed E-state index contributed by atoms with van der Waals surface area (Å²) in [6.07, 6.45) is 4.62. The fourth-order valence-corrected chi connectivity index (χ4v) is 3.42. The van der Waals surface area contributed by atoms with Crippen molar-refractivity contribution < 1.29 is 8.42 Å². The van der Waals surface area contributed by atoms with Crippen LogP contribution in [0.15, 0.2) is 23.5 Å². The number of hydrogen-bond acceptors (Lipinski definition) is 4. The van der Waals surface area contributed by atoms with Gasteiger partial charge in [-0.15, -0.1) is 0 Å². The highest BCUT2D eigenvalue weighted by atomic mass is 35.5. The highest BCUT2D eigenvalue weighted by Gasteiger charge is 2.20. The zero-order valence-electron chi connectivity index (χ0n) is 12.1. The molecule has 0 aliphatic carbocycles. The first-order valence-electron chi connectivity index (χ1n) is 6.46. The second kappa shape index (κ2) is 6.17. The summed E-state index contributed by atoms with van der Waals surface area (Å²) < 4.78 is 30.3. The molecular weight excluding hydrogens is 314 g/mol. The summed E-state index contributed by atoms with van der Waals surface area (Å²) in [5, 5.41) is 8.58. The van der Waals surface area contributed by atoms with Gasteiger partial charge in [0.15, 0.2) is 0 Å². The maximum atomic E-state index is 12.2. The maximum absolute atomic E-state index is 12.2. The van der Waals surface area contributed by atoms with E-state index in [1.54, 1.807) is 31.0 Å². The number of hydrogen-bond donors (Lipinski definition) is 1. The molecule has 7 nitrogen and oxygen atoms in total.